The van der Waals surface area contributed by atoms with Crippen molar-refractivity contribution in [3.63, 3.8) is 0 Å². The number of benzene rings is 1. The number of halogens is 4. The Balaban J connectivity index is 1.58. The van der Waals surface area contributed by atoms with Gasteiger partial charge in [0.15, 0.2) is 23.0 Å². The molecule has 1 amide bonds. The van der Waals surface area contributed by atoms with Gasteiger partial charge in [-0.05, 0) is 43.9 Å². The quantitative estimate of drug-likeness (QED) is 0.403. The van der Waals surface area contributed by atoms with Crippen LogP contribution in [0.4, 0.5) is 17.6 Å². The van der Waals surface area contributed by atoms with Crippen molar-refractivity contribution in [2.24, 2.45) is 11.7 Å². The highest BCUT2D eigenvalue weighted by molar-refractivity contribution is 5.93. The Kier molecular flexibility index (Phi) is 7.20. The van der Waals surface area contributed by atoms with Gasteiger partial charge in [0.2, 0.25) is 5.89 Å². The summed E-state index contributed by atoms with van der Waals surface area (Å²) >= 11 is 0. The first kappa shape index (κ1) is 24.5. The molecule has 4 rings (SSSR count). The van der Waals surface area contributed by atoms with Crippen LogP contribution >= 0.6 is 0 Å². The molecule has 1 aromatic carbocycles. The van der Waals surface area contributed by atoms with Gasteiger partial charge in [-0.2, -0.15) is 8.78 Å². The van der Waals surface area contributed by atoms with Gasteiger partial charge in [-0.3, -0.25) is 9.78 Å². The van der Waals surface area contributed by atoms with E-state index in [2.05, 4.69) is 20.0 Å². The first-order valence-corrected chi connectivity index (χ1v) is 10.8. The van der Waals surface area contributed by atoms with Crippen LogP contribution in [0, 0.1) is 17.6 Å². The number of pyridine rings is 1. The number of hydrogen-bond acceptors (Lipinski definition) is 7. The number of nitrogens with one attached hydrogen (secondary N) is 1. The lowest BCUT2D eigenvalue weighted by molar-refractivity contribution is -0.0515. The van der Waals surface area contributed by atoms with Crippen molar-refractivity contribution in [3.8, 4) is 23.0 Å². The van der Waals surface area contributed by atoms with Crippen LogP contribution in [0.2, 0.25) is 0 Å². The predicted molar refractivity (Wildman–Crippen MR) is 115 cm³/mol. The molecule has 1 aliphatic carbocycles. The van der Waals surface area contributed by atoms with E-state index in [-0.39, 0.29) is 41.1 Å². The summed E-state index contributed by atoms with van der Waals surface area (Å²) < 4.78 is 68.4. The summed E-state index contributed by atoms with van der Waals surface area (Å²) in [5, 5.41) is 2.45. The van der Waals surface area contributed by atoms with Gasteiger partial charge in [-0.1, -0.05) is 0 Å². The normalized spacial score (nSPS) is 14.1. The maximum absolute atomic E-state index is 13.8. The fourth-order valence-electron chi connectivity index (χ4n) is 3.19. The zero-order valence-corrected chi connectivity index (χ0v) is 18.6. The summed E-state index contributed by atoms with van der Waals surface area (Å²) in [4.78, 5) is 20.6. The largest absolute Gasteiger partial charge is 0.489 e. The van der Waals surface area contributed by atoms with Gasteiger partial charge in [0.25, 0.3) is 5.91 Å². The molecule has 0 bridgehead atoms. The fraction of sp³-hybridized carbons (Fsp3) is 0.348. The molecule has 1 fully saturated rings. The molecule has 3 aromatic rings. The molecular weight excluding hydrogens is 472 g/mol. The number of nitrogens with two attached hydrogens (primary N) is 1. The number of carbonyl (C=O) groups excluding carboxylic acids is 1. The zero-order valence-electron chi connectivity index (χ0n) is 18.6. The molecular formula is C23H22F4N4O4. The topological polar surface area (TPSA) is 113 Å². The molecule has 1 atom stereocenters. The van der Waals surface area contributed by atoms with E-state index in [1.54, 1.807) is 6.92 Å². The van der Waals surface area contributed by atoms with Crippen LogP contribution in [0.25, 0.3) is 11.5 Å². The number of ether oxygens (including phenoxy) is 2. The molecule has 0 saturated heterocycles. The first-order chi connectivity index (χ1) is 16.7. The third-order valence-corrected chi connectivity index (χ3v) is 5.16. The second-order valence-corrected chi connectivity index (χ2v) is 8.08. The zero-order chi connectivity index (χ0) is 25.1. The van der Waals surface area contributed by atoms with E-state index in [9.17, 15) is 22.4 Å². The van der Waals surface area contributed by atoms with Gasteiger partial charge in [0, 0.05) is 11.6 Å². The van der Waals surface area contributed by atoms with Crippen molar-refractivity contribution in [1.82, 2.24) is 15.3 Å². The Morgan fingerprint density at radius 2 is 2.03 bits per heavy atom. The van der Waals surface area contributed by atoms with Crippen LogP contribution in [0.1, 0.15) is 47.7 Å². The van der Waals surface area contributed by atoms with Crippen LogP contribution < -0.4 is 20.5 Å². The smallest absolute Gasteiger partial charge is 0.387 e. The van der Waals surface area contributed by atoms with Gasteiger partial charge in [-0.25, -0.2) is 13.8 Å². The lowest BCUT2D eigenvalue weighted by Crippen LogP contribution is -2.26. The standard InChI is InChI=1S/C23H22F4N4O4/c1-11(28)20-19(21(32)30-9-16-15(25)7-14(24)8-29-16)31-22(35-20)13-4-5-17(34-23(26)27)18(6-13)33-10-12-2-3-12/h4-8,11-12,23H,2-3,9-10,28H2,1H3,(H,30,32). The number of rotatable bonds is 10. The van der Waals surface area contributed by atoms with E-state index in [0.29, 0.717) is 24.2 Å². The molecule has 1 saturated carbocycles. The van der Waals surface area contributed by atoms with E-state index in [1.807, 2.05) is 0 Å². The molecule has 3 N–H and O–H groups in total. The fourth-order valence-corrected chi connectivity index (χ4v) is 3.19. The minimum Gasteiger partial charge on any atom is -0.489 e. The molecule has 8 nitrogen and oxygen atoms in total. The van der Waals surface area contributed by atoms with Crippen molar-refractivity contribution in [2.45, 2.75) is 39.0 Å². The average molecular weight is 494 g/mol. The number of aromatic nitrogens is 2. The van der Waals surface area contributed by atoms with Gasteiger partial charge in [0.1, 0.15) is 11.6 Å². The van der Waals surface area contributed by atoms with Gasteiger partial charge >= 0.3 is 6.61 Å². The highest BCUT2D eigenvalue weighted by atomic mass is 19.3. The number of hydrogen-bond donors (Lipinski definition) is 2. The van der Waals surface area contributed by atoms with Crippen LogP contribution in [0.3, 0.4) is 0 Å². The molecule has 2 aromatic heterocycles. The second-order valence-electron chi connectivity index (χ2n) is 8.08. The van der Waals surface area contributed by atoms with Crippen molar-refractivity contribution < 1.29 is 36.2 Å². The number of alkyl halides is 2. The van der Waals surface area contributed by atoms with Crippen molar-refractivity contribution in [1.29, 1.82) is 0 Å². The summed E-state index contributed by atoms with van der Waals surface area (Å²) in [6, 6.07) is 4.07. The Morgan fingerprint density at radius 3 is 2.69 bits per heavy atom. The summed E-state index contributed by atoms with van der Waals surface area (Å²) in [6.45, 7) is -1.44. The molecule has 2 heterocycles. The van der Waals surface area contributed by atoms with Gasteiger partial charge in [-0.15, -0.1) is 0 Å². The van der Waals surface area contributed by atoms with Crippen LogP contribution in [0.15, 0.2) is 34.9 Å². The van der Waals surface area contributed by atoms with E-state index in [1.165, 1.54) is 18.2 Å². The summed E-state index contributed by atoms with van der Waals surface area (Å²) in [7, 11) is 0. The van der Waals surface area contributed by atoms with E-state index < -0.39 is 30.2 Å². The maximum atomic E-state index is 13.8. The van der Waals surface area contributed by atoms with Crippen molar-refractivity contribution in [3.05, 3.63) is 59.2 Å². The summed E-state index contributed by atoms with van der Waals surface area (Å²) in [5.74, 6) is -2.13. The molecule has 1 aliphatic rings. The van der Waals surface area contributed by atoms with Crippen LogP contribution in [-0.2, 0) is 6.54 Å². The Hall–Kier alpha value is -3.67. The number of carbonyl (C=O) groups is 1. The number of oxazole rings is 1. The minimum atomic E-state index is -3.04. The van der Waals surface area contributed by atoms with E-state index >= 15 is 0 Å². The van der Waals surface area contributed by atoms with E-state index in [0.717, 1.165) is 19.0 Å². The van der Waals surface area contributed by atoms with Crippen LogP contribution in [-0.4, -0.2) is 29.1 Å². The Morgan fingerprint density at radius 1 is 1.26 bits per heavy atom. The first-order valence-electron chi connectivity index (χ1n) is 10.8. The second kappa shape index (κ2) is 10.3. The van der Waals surface area contributed by atoms with E-state index in [4.69, 9.17) is 14.9 Å². The van der Waals surface area contributed by atoms with Gasteiger partial charge in [0.05, 0.1) is 31.1 Å². The molecule has 12 heteroatoms. The van der Waals surface area contributed by atoms with Gasteiger partial charge < -0.3 is 24.9 Å². The summed E-state index contributed by atoms with van der Waals surface area (Å²) in [6.07, 6.45) is 2.83. The van der Waals surface area contributed by atoms with Crippen molar-refractivity contribution >= 4 is 5.91 Å². The molecule has 35 heavy (non-hydrogen) atoms. The third kappa shape index (κ3) is 6.07. The van der Waals surface area contributed by atoms with Crippen molar-refractivity contribution in [2.75, 3.05) is 6.61 Å². The predicted octanol–water partition coefficient (Wildman–Crippen LogP) is 4.35. The highest BCUT2D eigenvalue weighted by Gasteiger charge is 2.26. The monoisotopic (exact) mass is 494 g/mol. The minimum absolute atomic E-state index is 0.00610. The maximum Gasteiger partial charge on any atom is 0.387 e. The summed E-state index contributed by atoms with van der Waals surface area (Å²) in [5.41, 5.74) is 5.95. The molecule has 0 spiro atoms. The Bertz CT molecular complexity index is 1210. The molecule has 0 aliphatic heterocycles. The Labute approximate surface area is 197 Å². The average Bonchev–Trinajstić information content (AvgIpc) is 3.52. The number of amides is 1. The number of nitrogens with zero attached hydrogens (tertiary/aromatic N) is 2. The van der Waals surface area contributed by atoms with Crippen LogP contribution in [0.5, 0.6) is 11.5 Å². The highest BCUT2D eigenvalue weighted by Crippen LogP contribution is 2.37. The molecule has 1 unspecified atom stereocenters. The lowest BCUT2D eigenvalue weighted by atomic mass is 10.2. The third-order valence-electron chi connectivity index (χ3n) is 5.16. The SMILES string of the molecule is CC(N)c1oc(-c2ccc(OC(F)F)c(OCC3CC3)c2)nc1C(=O)NCc1ncc(F)cc1F. The molecule has 0 radical (unpaired) electrons. The molecule has 186 valence electrons. The lowest BCUT2D eigenvalue weighted by Gasteiger charge is -2.12.